The highest BCUT2D eigenvalue weighted by molar-refractivity contribution is 7.15. The third kappa shape index (κ3) is 3.43. The number of fused-ring (bicyclic) bond motifs is 1. The van der Waals surface area contributed by atoms with E-state index in [1.165, 1.54) is 0 Å². The molecule has 24 heavy (non-hydrogen) atoms. The summed E-state index contributed by atoms with van der Waals surface area (Å²) in [5.41, 5.74) is 2.84. The van der Waals surface area contributed by atoms with Crippen molar-refractivity contribution < 1.29 is 9.53 Å². The molecule has 126 valence electrons. The van der Waals surface area contributed by atoms with Crippen molar-refractivity contribution in [3.63, 3.8) is 0 Å². The average molecular weight is 343 g/mol. The second kappa shape index (κ2) is 7.05. The van der Waals surface area contributed by atoms with Gasteiger partial charge in [0.25, 0.3) is 0 Å². The molecule has 1 atom stereocenters. The zero-order valence-corrected chi connectivity index (χ0v) is 14.9. The number of hydrogen-bond donors (Lipinski definition) is 1. The molecule has 0 aliphatic heterocycles. The molecule has 0 aliphatic carbocycles. The van der Waals surface area contributed by atoms with E-state index in [9.17, 15) is 4.79 Å². The standard InChI is InChI=1S/C18H21N3O2S/c1-4-12(2)19-17(22)9-14-11-24-18-20-16(10-21(14)18)13-6-5-7-15(8-13)23-3/h5-8,10-12H,4,9H2,1-3H3,(H,19,22). The molecule has 1 N–H and O–H groups in total. The van der Waals surface area contributed by atoms with Crippen LogP contribution in [-0.4, -0.2) is 28.4 Å². The molecule has 0 spiro atoms. The molecule has 0 aliphatic rings. The number of nitrogens with zero attached hydrogens (tertiary/aromatic N) is 2. The molecule has 6 heteroatoms. The highest BCUT2D eigenvalue weighted by atomic mass is 32.1. The molecule has 1 amide bonds. The van der Waals surface area contributed by atoms with Crippen molar-refractivity contribution >= 4 is 22.2 Å². The highest BCUT2D eigenvalue weighted by Gasteiger charge is 2.13. The van der Waals surface area contributed by atoms with Gasteiger partial charge < -0.3 is 10.1 Å². The van der Waals surface area contributed by atoms with E-state index in [0.717, 1.165) is 34.1 Å². The number of imidazole rings is 1. The van der Waals surface area contributed by atoms with Crippen LogP contribution in [0.25, 0.3) is 16.2 Å². The first-order valence-corrected chi connectivity index (χ1v) is 8.88. The monoisotopic (exact) mass is 343 g/mol. The van der Waals surface area contributed by atoms with Crippen LogP contribution in [0.2, 0.25) is 0 Å². The lowest BCUT2D eigenvalue weighted by Gasteiger charge is -2.10. The maximum absolute atomic E-state index is 12.1. The number of rotatable bonds is 6. The molecule has 0 fully saturated rings. The lowest BCUT2D eigenvalue weighted by atomic mass is 10.1. The van der Waals surface area contributed by atoms with Gasteiger partial charge in [-0.25, -0.2) is 4.98 Å². The smallest absolute Gasteiger partial charge is 0.226 e. The Morgan fingerprint density at radius 3 is 3.04 bits per heavy atom. The van der Waals surface area contributed by atoms with Crippen LogP contribution in [0.1, 0.15) is 26.0 Å². The summed E-state index contributed by atoms with van der Waals surface area (Å²) < 4.78 is 7.27. The van der Waals surface area contributed by atoms with Gasteiger partial charge in [0.15, 0.2) is 4.96 Å². The molecule has 3 rings (SSSR count). The first-order valence-electron chi connectivity index (χ1n) is 8.00. The second-order valence-electron chi connectivity index (χ2n) is 5.79. The number of methoxy groups -OCH3 is 1. The maximum atomic E-state index is 12.1. The Kier molecular flexibility index (Phi) is 4.85. The number of carbonyl (C=O) groups excluding carboxylic acids is 1. The fourth-order valence-electron chi connectivity index (χ4n) is 2.47. The van der Waals surface area contributed by atoms with E-state index in [0.29, 0.717) is 6.42 Å². The first kappa shape index (κ1) is 16.5. The summed E-state index contributed by atoms with van der Waals surface area (Å²) in [5, 5.41) is 5.00. The summed E-state index contributed by atoms with van der Waals surface area (Å²) >= 11 is 1.55. The third-order valence-electron chi connectivity index (χ3n) is 4.01. The zero-order chi connectivity index (χ0) is 17.1. The molecule has 2 aromatic heterocycles. The summed E-state index contributed by atoms with van der Waals surface area (Å²) in [6, 6.07) is 8.02. The molecular formula is C18H21N3O2S. The van der Waals surface area contributed by atoms with Crippen LogP contribution in [0.5, 0.6) is 5.75 Å². The van der Waals surface area contributed by atoms with E-state index in [1.807, 2.05) is 47.2 Å². The minimum Gasteiger partial charge on any atom is -0.497 e. The van der Waals surface area contributed by atoms with Gasteiger partial charge in [-0.2, -0.15) is 0 Å². The van der Waals surface area contributed by atoms with Crippen LogP contribution in [-0.2, 0) is 11.2 Å². The van der Waals surface area contributed by atoms with Crippen LogP contribution in [0, 0.1) is 0 Å². The number of carbonyl (C=O) groups is 1. The van der Waals surface area contributed by atoms with Crippen molar-refractivity contribution in [2.45, 2.75) is 32.7 Å². The maximum Gasteiger partial charge on any atom is 0.226 e. The number of ether oxygens (including phenoxy) is 1. The molecule has 0 saturated carbocycles. The van der Waals surface area contributed by atoms with Crippen molar-refractivity contribution in [2.75, 3.05) is 7.11 Å². The zero-order valence-electron chi connectivity index (χ0n) is 14.1. The van der Waals surface area contributed by atoms with Crippen LogP contribution < -0.4 is 10.1 Å². The lowest BCUT2D eigenvalue weighted by molar-refractivity contribution is -0.121. The molecule has 0 saturated heterocycles. The van der Waals surface area contributed by atoms with E-state index >= 15 is 0 Å². The van der Waals surface area contributed by atoms with Gasteiger partial charge in [-0.05, 0) is 25.5 Å². The summed E-state index contributed by atoms with van der Waals surface area (Å²) in [5.74, 6) is 0.845. The second-order valence-corrected chi connectivity index (χ2v) is 6.63. The summed E-state index contributed by atoms with van der Waals surface area (Å²) in [6.45, 7) is 4.07. The van der Waals surface area contributed by atoms with Gasteiger partial charge in [0.1, 0.15) is 5.75 Å². The van der Waals surface area contributed by atoms with Gasteiger partial charge in [0, 0.05) is 28.9 Å². The topological polar surface area (TPSA) is 55.6 Å². The number of nitrogens with one attached hydrogen (secondary N) is 1. The number of hydrogen-bond acceptors (Lipinski definition) is 4. The molecule has 0 radical (unpaired) electrons. The number of aromatic nitrogens is 2. The number of amides is 1. The van der Waals surface area contributed by atoms with Crippen molar-refractivity contribution in [1.29, 1.82) is 0 Å². The molecular weight excluding hydrogens is 322 g/mol. The average Bonchev–Trinajstić information content (AvgIpc) is 3.17. The van der Waals surface area contributed by atoms with Crippen molar-refractivity contribution in [3.05, 3.63) is 41.5 Å². The summed E-state index contributed by atoms with van der Waals surface area (Å²) in [6.07, 6.45) is 3.26. The lowest BCUT2D eigenvalue weighted by Crippen LogP contribution is -2.33. The largest absolute Gasteiger partial charge is 0.497 e. The van der Waals surface area contributed by atoms with Gasteiger partial charge in [-0.1, -0.05) is 19.1 Å². The normalized spacial score (nSPS) is 12.3. The van der Waals surface area contributed by atoms with E-state index in [4.69, 9.17) is 4.74 Å². The van der Waals surface area contributed by atoms with Crippen molar-refractivity contribution in [3.8, 4) is 17.0 Å². The predicted octanol–water partition coefficient (Wildman–Crippen LogP) is 3.53. The van der Waals surface area contributed by atoms with Gasteiger partial charge in [0.2, 0.25) is 5.91 Å². The quantitative estimate of drug-likeness (QED) is 0.745. The van der Waals surface area contributed by atoms with E-state index < -0.39 is 0 Å². The molecule has 1 aromatic carbocycles. The Morgan fingerprint density at radius 2 is 2.29 bits per heavy atom. The van der Waals surface area contributed by atoms with Gasteiger partial charge in [-0.15, -0.1) is 11.3 Å². The Bertz CT molecular complexity index is 853. The molecule has 5 nitrogen and oxygen atoms in total. The van der Waals surface area contributed by atoms with Gasteiger partial charge in [-0.3, -0.25) is 9.20 Å². The minimum atomic E-state index is 0.0423. The fourth-order valence-corrected chi connectivity index (χ4v) is 3.34. The van der Waals surface area contributed by atoms with Crippen molar-refractivity contribution in [1.82, 2.24) is 14.7 Å². The highest BCUT2D eigenvalue weighted by Crippen LogP contribution is 2.26. The predicted molar refractivity (Wildman–Crippen MR) is 96.7 cm³/mol. The molecule has 3 aromatic rings. The fraction of sp³-hybridized carbons (Fsp3) is 0.333. The van der Waals surface area contributed by atoms with Gasteiger partial charge >= 0.3 is 0 Å². The molecule has 1 unspecified atom stereocenters. The third-order valence-corrected chi connectivity index (χ3v) is 4.90. The van der Waals surface area contributed by atoms with Gasteiger partial charge in [0.05, 0.1) is 19.2 Å². The first-order chi connectivity index (χ1) is 11.6. The summed E-state index contributed by atoms with van der Waals surface area (Å²) in [7, 11) is 1.65. The van der Waals surface area contributed by atoms with E-state index in [-0.39, 0.29) is 11.9 Å². The van der Waals surface area contributed by atoms with E-state index in [2.05, 4.69) is 17.2 Å². The Hall–Kier alpha value is -2.34. The van der Waals surface area contributed by atoms with Crippen LogP contribution in [0.4, 0.5) is 0 Å². The van der Waals surface area contributed by atoms with Crippen LogP contribution in [0.15, 0.2) is 35.8 Å². The minimum absolute atomic E-state index is 0.0423. The Morgan fingerprint density at radius 1 is 1.46 bits per heavy atom. The van der Waals surface area contributed by atoms with Crippen LogP contribution in [0.3, 0.4) is 0 Å². The number of benzene rings is 1. The summed E-state index contributed by atoms with van der Waals surface area (Å²) in [4.78, 5) is 17.7. The van der Waals surface area contributed by atoms with Crippen molar-refractivity contribution in [2.24, 2.45) is 0 Å². The molecule has 2 heterocycles. The molecule has 0 bridgehead atoms. The SMILES string of the molecule is CCC(C)NC(=O)Cc1csc2nc(-c3cccc(OC)c3)cn12. The van der Waals surface area contributed by atoms with Crippen LogP contribution >= 0.6 is 11.3 Å². The Balaban J connectivity index is 1.84. The van der Waals surface area contributed by atoms with E-state index in [1.54, 1.807) is 18.4 Å². The Labute approximate surface area is 145 Å². The number of thiazole rings is 1.